The van der Waals surface area contributed by atoms with Gasteiger partial charge in [-0.2, -0.15) is 13.2 Å². The molecule has 1 heterocycles. The van der Waals surface area contributed by atoms with E-state index in [0.29, 0.717) is 10.7 Å². The van der Waals surface area contributed by atoms with Crippen molar-refractivity contribution in [1.29, 1.82) is 0 Å². The number of rotatable bonds is 1. The van der Waals surface area contributed by atoms with Gasteiger partial charge < -0.3 is 4.98 Å². The number of nitrogens with zero attached hydrogens (tertiary/aromatic N) is 1. The minimum atomic E-state index is -4.54. The van der Waals surface area contributed by atoms with E-state index in [2.05, 4.69) is 4.98 Å². The lowest BCUT2D eigenvalue weighted by atomic mass is 10.1. The van der Waals surface area contributed by atoms with Gasteiger partial charge in [-0.1, -0.05) is 23.7 Å². The Morgan fingerprint density at radius 1 is 1.10 bits per heavy atom. The summed E-state index contributed by atoms with van der Waals surface area (Å²) in [4.78, 5) is 14.3. The van der Waals surface area contributed by atoms with E-state index in [9.17, 15) is 18.0 Å². The molecule has 0 atom stereocenters. The largest absolute Gasteiger partial charge is 0.418 e. The standard InChI is InChI=1S/C14H8ClF3N2O/c15-8-3-1-4-9(7-8)20-11-6-2-5-10(14(16,17)18)12(11)19-13(20)21/h1-7H,(H,19,21). The molecule has 2 aromatic carbocycles. The summed E-state index contributed by atoms with van der Waals surface area (Å²) < 4.78 is 40.1. The fourth-order valence-corrected chi connectivity index (χ4v) is 2.42. The van der Waals surface area contributed by atoms with Crippen LogP contribution in [0, 0.1) is 0 Å². The Labute approximate surface area is 121 Å². The number of fused-ring (bicyclic) bond motifs is 1. The maximum absolute atomic E-state index is 13.0. The number of aromatic amines is 1. The second-order valence-electron chi connectivity index (χ2n) is 4.44. The molecule has 21 heavy (non-hydrogen) atoms. The maximum Gasteiger partial charge on any atom is 0.418 e. The summed E-state index contributed by atoms with van der Waals surface area (Å²) >= 11 is 5.86. The van der Waals surface area contributed by atoms with Gasteiger partial charge in [0, 0.05) is 5.02 Å². The van der Waals surface area contributed by atoms with E-state index >= 15 is 0 Å². The zero-order valence-electron chi connectivity index (χ0n) is 10.4. The van der Waals surface area contributed by atoms with E-state index in [1.54, 1.807) is 18.2 Å². The van der Waals surface area contributed by atoms with E-state index in [4.69, 9.17) is 11.6 Å². The van der Waals surface area contributed by atoms with Crippen LogP contribution in [0.3, 0.4) is 0 Å². The first-order valence-corrected chi connectivity index (χ1v) is 6.32. The molecular formula is C14H8ClF3N2O. The second kappa shape index (κ2) is 4.66. The van der Waals surface area contributed by atoms with E-state index in [0.717, 1.165) is 10.6 Å². The molecule has 0 aliphatic carbocycles. The summed E-state index contributed by atoms with van der Waals surface area (Å²) in [7, 11) is 0. The Hall–Kier alpha value is -2.21. The van der Waals surface area contributed by atoms with Gasteiger partial charge in [0.25, 0.3) is 0 Å². The quantitative estimate of drug-likeness (QED) is 0.725. The lowest BCUT2D eigenvalue weighted by Crippen LogP contribution is -2.14. The molecule has 1 N–H and O–H groups in total. The molecule has 3 rings (SSSR count). The highest BCUT2D eigenvalue weighted by atomic mass is 35.5. The van der Waals surface area contributed by atoms with Crippen molar-refractivity contribution in [2.75, 3.05) is 0 Å². The zero-order chi connectivity index (χ0) is 15.2. The van der Waals surface area contributed by atoms with Gasteiger partial charge in [-0.15, -0.1) is 0 Å². The van der Waals surface area contributed by atoms with Crippen LogP contribution in [0.1, 0.15) is 5.56 Å². The van der Waals surface area contributed by atoms with Crippen LogP contribution in [-0.2, 0) is 6.18 Å². The van der Waals surface area contributed by atoms with Crippen molar-refractivity contribution in [2.24, 2.45) is 0 Å². The molecule has 0 saturated heterocycles. The lowest BCUT2D eigenvalue weighted by Gasteiger charge is -2.08. The normalized spacial score (nSPS) is 12.0. The number of benzene rings is 2. The third kappa shape index (κ3) is 2.31. The molecule has 0 aliphatic heterocycles. The molecule has 0 saturated carbocycles. The maximum atomic E-state index is 13.0. The minimum Gasteiger partial charge on any atom is -0.305 e. The molecule has 0 spiro atoms. The number of hydrogen-bond donors (Lipinski definition) is 1. The SMILES string of the molecule is O=c1[nH]c2c(C(F)(F)F)cccc2n1-c1cccc(Cl)c1. The number of nitrogens with one attached hydrogen (secondary N) is 1. The monoisotopic (exact) mass is 312 g/mol. The second-order valence-corrected chi connectivity index (χ2v) is 4.88. The van der Waals surface area contributed by atoms with Gasteiger partial charge in [-0.25, -0.2) is 4.79 Å². The fraction of sp³-hybridized carbons (Fsp3) is 0.0714. The number of imidazole rings is 1. The van der Waals surface area contributed by atoms with E-state index < -0.39 is 17.4 Å². The van der Waals surface area contributed by atoms with Crippen molar-refractivity contribution in [1.82, 2.24) is 9.55 Å². The molecule has 0 fully saturated rings. The molecule has 3 nitrogen and oxygen atoms in total. The van der Waals surface area contributed by atoms with Crippen LogP contribution in [0.15, 0.2) is 47.3 Å². The van der Waals surface area contributed by atoms with E-state index in [1.807, 2.05) is 0 Å². The van der Waals surface area contributed by atoms with Crippen molar-refractivity contribution in [3.63, 3.8) is 0 Å². The molecule has 0 unspecified atom stereocenters. The third-order valence-corrected chi connectivity index (χ3v) is 3.33. The van der Waals surface area contributed by atoms with Crippen LogP contribution in [-0.4, -0.2) is 9.55 Å². The molecule has 0 radical (unpaired) electrons. The van der Waals surface area contributed by atoms with Crippen molar-refractivity contribution >= 4 is 22.6 Å². The molecule has 0 bridgehead atoms. The summed E-state index contributed by atoms with van der Waals surface area (Å²) in [6, 6.07) is 9.99. The molecular weight excluding hydrogens is 305 g/mol. The van der Waals surface area contributed by atoms with Crippen LogP contribution in [0.4, 0.5) is 13.2 Å². The Bertz CT molecular complexity index is 880. The average molecular weight is 313 g/mol. The van der Waals surface area contributed by atoms with Crippen molar-refractivity contribution < 1.29 is 13.2 Å². The zero-order valence-corrected chi connectivity index (χ0v) is 11.2. The smallest absolute Gasteiger partial charge is 0.305 e. The highest BCUT2D eigenvalue weighted by Crippen LogP contribution is 2.34. The molecule has 0 aliphatic rings. The molecule has 1 aromatic heterocycles. The van der Waals surface area contributed by atoms with Crippen LogP contribution < -0.4 is 5.69 Å². The summed E-state index contributed by atoms with van der Waals surface area (Å²) in [5, 5.41) is 0.390. The van der Waals surface area contributed by atoms with Crippen molar-refractivity contribution in [3.05, 3.63) is 63.5 Å². The van der Waals surface area contributed by atoms with Gasteiger partial charge in [0.05, 0.1) is 22.3 Å². The summed E-state index contributed by atoms with van der Waals surface area (Å²) in [6.45, 7) is 0. The first-order chi connectivity index (χ1) is 9.88. The first-order valence-electron chi connectivity index (χ1n) is 5.95. The average Bonchev–Trinajstić information content (AvgIpc) is 2.73. The Morgan fingerprint density at radius 3 is 2.48 bits per heavy atom. The van der Waals surface area contributed by atoms with Gasteiger partial charge in [0.15, 0.2) is 0 Å². The topological polar surface area (TPSA) is 37.8 Å². The van der Waals surface area contributed by atoms with Gasteiger partial charge in [-0.05, 0) is 30.3 Å². The van der Waals surface area contributed by atoms with Crippen LogP contribution in [0.25, 0.3) is 16.7 Å². The number of halogens is 4. The first kappa shape index (κ1) is 13.8. The number of aromatic nitrogens is 2. The molecule has 3 aromatic rings. The predicted octanol–water partition coefficient (Wildman–Crippen LogP) is 3.99. The minimum absolute atomic E-state index is 0.150. The van der Waals surface area contributed by atoms with Crippen LogP contribution in [0.5, 0.6) is 0 Å². The van der Waals surface area contributed by atoms with E-state index in [-0.39, 0.29) is 11.0 Å². The number of alkyl halides is 3. The van der Waals surface area contributed by atoms with Gasteiger partial charge in [-0.3, -0.25) is 4.57 Å². The van der Waals surface area contributed by atoms with Crippen molar-refractivity contribution in [3.8, 4) is 5.69 Å². The summed E-state index contributed by atoms with van der Waals surface area (Å²) in [6.07, 6.45) is -4.54. The van der Waals surface area contributed by atoms with Crippen LogP contribution in [0.2, 0.25) is 5.02 Å². The van der Waals surface area contributed by atoms with E-state index in [1.165, 1.54) is 18.2 Å². The van der Waals surface area contributed by atoms with Gasteiger partial charge in [0.1, 0.15) is 0 Å². The Kier molecular flexibility index (Phi) is 3.06. The van der Waals surface area contributed by atoms with Crippen LogP contribution >= 0.6 is 11.6 Å². The highest BCUT2D eigenvalue weighted by Gasteiger charge is 2.33. The Morgan fingerprint density at radius 2 is 1.81 bits per heavy atom. The van der Waals surface area contributed by atoms with Crippen molar-refractivity contribution in [2.45, 2.75) is 6.18 Å². The van der Waals surface area contributed by atoms with Gasteiger partial charge >= 0.3 is 11.9 Å². The lowest BCUT2D eigenvalue weighted by molar-refractivity contribution is -0.136. The fourth-order valence-electron chi connectivity index (χ4n) is 2.24. The molecule has 0 amide bonds. The van der Waals surface area contributed by atoms with Gasteiger partial charge in [0.2, 0.25) is 0 Å². The predicted molar refractivity (Wildman–Crippen MR) is 73.9 cm³/mol. The number of hydrogen-bond acceptors (Lipinski definition) is 1. The number of para-hydroxylation sites is 1. The highest BCUT2D eigenvalue weighted by molar-refractivity contribution is 6.30. The summed E-state index contributed by atoms with van der Waals surface area (Å²) in [5.74, 6) is 0. The Balaban J connectivity index is 2.36. The third-order valence-electron chi connectivity index (χ3n) is 3.09. The summed E-state index contributed by atoms with van der Waals surface area (Å²) in [5.41, 5.74) is -1.22. The number of H-pyrrole nitrogens is 1. The molecule has 108 valence electrons. The molecule has 7 heteroatoms.